The van der Waals surface area contributed by atoms with Gasteiger partial charge >= 0.3 is 0 Å². The number of fused-ring (bicyclic) bond motifs is 1. The number of ether oxygens (including phenoxy) is 2. The molecule has 2 aromatic carbocycles. The second kappa shape index (κ2) is 12.0. The summed E-state index contributed by atoms with van der Waals surface area (Å²) >= 11 is 1.72. The van der Waals surface area contributed by atoms with Gasteiger partial charge in [-0.05, 0) is 47.5 Å². The molecule has 2 amide bonds. The third-order valence-electron chi connectivity index (χ3n) is 6.35. The van der Waals surface area contributed by atoms with Crippen LogP contribution in [0, 0.1) is 6.92 Å². The third kappa shape index (κ3) is 6.29. The van der Waals surface area contributed by atoms with Crippen LogP contribution in [0.1, 0.15) is 27.6 Å². The van der Waals surface area contributed by atoms with Gasteiger partial charge in [-0.1, -0.05) is 48.5 Å². The monoisotopic (exact) mass is 492 g/mol. The van der Waals surface area contributed by atoms with Gasteiger partial charge in [0.15, 0.2) is 0 Å². The number of methoxy groups -OCH3 is 1. The summed E-state index contributed by atoms with van der Waals surface area (Å²) in [5.74, 6) is 0.669. The van der Waals surface area contributed by atoms with Gasteiger partial charge in [0.1, 0.15) is 12.4 Å². The fourth-order valence-corrected chi connectivity index (χ4v) is 5.32. The van der Waals surface area contributed by atoms with Gasteiger partial charge in [0.05, 0.1) is 25.6 Å². The Bertz CT molecular complexity index is 1130. The molecule has 184 valence electrons. The number of hydrogen-bond acceptors (Lipinski definition) is 5. The molecule has 0 fully saturated rings. The second-order valence-electron chi connectivity index (χ2n) is 8.70. The molecule has 1 aliphatic rings. The van der Waals surface area contributed by atoms with Crippen LogP contribution in [0.25, 0.3) is 0 Å². The van der Waals surface area contributed by atoms with Gasteiger partial charge in [-0.3, -0.25) is 9.59 Å². The molecule has 0 N–H and O–H groups in total. The zero-order valence-corrected chi connectivity index (χ0v) is 21.1. The van der Waals surface area contributed by atoms with E-state index in [0.29, 0.717) is 26.3 Å². The van der Waals surface area contributed by atoms with Crippen molar-refractivity contribution in [3.63, 3.8) is 0 Å². The number of benzene rings is 2. The van der Waals surface area contributed by atoms with Crippen LogP contribution in [-0.4, -0.2) is 61.6 Å². The summed E-state index contributed by atoms with van der Waals surface area (Å²) in [5.41, 5.74) is 3.13. The molecule has 0 saturated heterocycles. The molecule has 7 heteroatoms. The summed E-state index contributed by atoms with van der Waals surface area (Å²) in [6.45, 7) is 3.77. The first-order valence-corrected chi connectivity index (χ1v) is 12.8. The number of nitrogens with zero attached hydrogens (tertiary/aromatic N) is 2. The van der Waals surface area contributed by atoms with Gasteiger partial charge in [0, 0.05) is 25.1 Å². The molecule has 2 heterocycles. The van der Waals surface area contributed by atoms with Crippen LogP contribution in [0.5, 0.6) is 5.75 Å². The lowest BCUT2D eigenvalue weighted by Gasteiger charge is -2.37. The Morgan fingerprint density at radius 2 is 1.86 bits per heavy atom. The van der Waals surface area contributed by atoms with Crippen molar-refractivity contribution in [3.8, 4) is 5.75 Å². The van der Waals surface area contributed by atoms with Gasteiger partial charge in [-0.15, -0.1) is 11.3 Å². The molecule has 35 heavy (non-hydrogen) atoms. The van der Waals surface area contributed by atoms with Gasteiger partial charge in [0.25, 0.3) is 0 Å². The van der Waals surface area contributed by atoms with Gasteiger partial charge in [-0.2, -0.15) is 0 Å². The number of carbonyl (C=O) groups excluding carboxylic acids is 2. The number of thiophene rings is 1. The molecule has 0 radical (unpaired) electrons. The molecule has 0 aliphatic carbocycles. The fourth-order valence-electron chi connectivity index (χ4n) is 4.39. The van der Waals surface area contributed by atoms with Crippen LogP contribution in [-0.2, 0) is 27.2 Å². The Labute approximate surface area is 211 Å². The van der Waals surface area contributed by atoms with E-state index >= 15 is 0 Å². The zero-order chi connectivity index (χ0) is 24.6. The summed E-state index contributed by atoms with van der Waals surface area (Å²) in [5, 5.41) is 2.08. The SMILES string of the molecule is COCCN(CC(=O)N1CCc2sccc2[C@H]1COc1ccccc1C)C(=O)Cc1ccccc1. The lowest BCUT2D eigenvalue weighted by molar-refractivity contribution is -0.142. The number of rotatable bonds is 10. The first kappa shape index (κ1) is 24.9. The Hall–Kier alpha value is -3.16. The van der Waals surface area contributed by atoms with Crippen molar-refractivity contribution in [2.75, 3.05) is 40.0 Å². The van der Waals surface area contributed by atoms with Crippen molar-refractivity contribution >= 4 is 23.2 Å². The van der Waals surface area contributed by atoms with Gasteiger partial charge < -0.3 is 19.3 Å². The van der Waals surface area contributed by atoms with E-state index in [1.54, 1.807) is 23.3 Å². The number of hydrogen-bond donors (Lipinski definition) is 0. The zero-order valence-electron chi connectivity index (χ0n) is 20.3. The summed E-state index contributed by atoms with van der Waals surface area (Å²) in [7, 11) is 1.60. The van der Waals surface area contributed by atoms with E-state index in [9.17, 15) is 9.59 Å². The van der Waals surface area contributed by atoms with Crippen molar-refractivity contribution in [2.24, 2.45) is 0 Å². The van der Waals surface area contributed by atoms with Crippen molar-refractivity contribution in [1.82, 2.24) is 9.80 Å². The van der Waals surface area contributed by atoms with E-state index in [0.717, 1.165) is 28.9 Å². The van der Waals surface area contributed by atoms with Crippen molar-refractivity contribution in [1.29, 1.82) is 0 Å². The van der Waals surface area contributed by atoms with Crippen LogP contribution in [0.15, 0.2) is 66.0 Å². The lowest BCUT2D eigenvalue weighted by atomic mass is 10.00. The van der Waals surface area contributed by atoms with Crippen molar-refractivity contribution in [2.45, 2.75) is 25.8 Å². The largest absolute Gasteiger partial charge is 0.491 e. The van der Waals surface area contributed by atoms with Crippen LogP contribution in [0.2, 0.25) is 0 Å². The maximum absolute atomic E-state index is 13.6. The van der Waals surface area contributed by atoms with Gasteiger partial charge in [0.2, 0.25) is 11.8 Å². The van der Waals surface area contributed by atoms with Crippen LogP contribution < -0.4 is 4.74 Å². The maximum atomic E-state index is 13.6. The van der Waals surface area contributed by atoms with E-state index in [1.807, 2.05) is 66.4 Å². The first-order valence-electron chi connectivity index (χ1n) is 11.9. The summed E-state index contributed by atoms with van der Waals surface area (Å²) in [6, 6.07) is 19.4. The minimum absolute atomic E-state index is 0.0232. The summed E-state index contributed by atoms with van der Waals surface area (Å²) in [6.07, 6.45) is 1.07. The predicted molar refractivity (Wildman–Crippen MR) is 138 cm³/mol. The molecule has 0 bridgehead atoms. The summed E-state index contributed by atoms with van der Waals surface area (Å²) in [4.78, 5) is 31.5. The molecule has 1 aromatic heterocycles. The first-order chi connectivity index (χ1) is 17.1. The van der Waals surface area contributed by atoms with Crippen LogP contribution in [0.3, 0.4) is 0 Å². The van der Waals surface area contributed by atoms with E-state index in [2.05, 4.69) is 11.4 Å². The summed E-state index contributed by atoms with van der Waals surface area (Å²) < 4.78 is 11.4. The molecule has 6 nitrogen and oxygen atoms in total. The lowest BCUT2D eigenvalue weighted by Crippen LogP contribution is -2.48. The Morgan fingerprint density at radius 1 is 1.09 bits per heavy atom. The molecule has 0 saturated carbocycles. The molecule has 1 aliphatic heterocycles. The normalized spacial score (nSPS) is 14.9. The highest BCUT2D eigenvalue weighted by Gasteiger charge is 2.33. The average molecular weight is 493 g/mol. The second-order valence-corrected chi connectivity index (χ2v) is 9.70. The minimum Gasteiger partial charge on any atom is -0.491 e. The van der Waals surface area contributed by atoms with E-state index in [1.165, 1.54) is 4.88 Å². The molecular formula is C28H32N2O4S. The van der Waals surface area contributed by atoms with Crippen molar-refractivity contribution < 1.29 is 19.1 Å². The molecular weight excluding hydrogens is 460 g/mol. The standard InChI is InChI=1S/C28H32N2O4S/c1-21-8-6-7-11-25(21)34-20-24-23-13-17-35-26(23)12-14-30(24)28(32)19-29(15-16-33-2)27(31)18-22-9-4-3-5-10-22/h3-11,13,17,24H,12,14-16,18-20H2,1-2H3/t24-/m1/s1. The smallest absolute Gasteiger partial charge is 0.242 e. The van der Waals surface area contributed by atoms with Gasteiger partial charge in [-0.25, -0.2) is 0 Å². The minimum atomic E-state index is -0.189. The molecule has 3 aromatic rings. The number of carbonyl (C=O) groups is 2. The molecule has 0 spiro atoms. The fraction of sp³-hybridized carbons (Fsp3) is 0.357. The average Bonchev–Trinajstić information content (AvgIpc) is 3.35. The Kier molecular flexibility index (Phi) is 8.55. The quantitative estimate of drug-likeness (QED) is 0.424. The highest BCUT2D eigenvalue weighted by Crippen LogP contribution is 2.34. The van der Waals surface area contributed by atoms with E-state index < -0.39 is 0 Å². The molecule has 4 rings (SSSR count). The van der Waals surface area contributed by atoms with E-state index in [4.69, 9.17) is 9.47 Å². The van der Waals surface area contributed by atoms with Crippen molar-refractivity contribution in [3.05, 3.63) is 87.6 Å². The Morgan fingerprint density at radius 3 is 2.63 bits per heavy atom. The third-order valence-corrected chi connectivity index (χ3v) is 7.34. The number of aryl methyl sites for hydroxylation is 1. The number of amides is 2. The predicted octanol–water partition coefficient (Wildman–Crippen LogP) is 4.28. The highest BCUT2D eigenvalue weighted by atomic mass is 32.1. The van der Waals surface area contributed by atoms with E-state index in [-0.39, 0.29) is 30.8 Å². The molecule has 1 atom stereocenters. The Balaban J connectivity index is 1.49. The number of para-hydroxylation sites is 1. The maximum Gasteiger partial charge on any atom is 0.242 e. The highest BCUT2D eigenvalue weighted by molar-refractivity contribution is 7.10. The van der Waals surface area contributed by atoms with Crippen LogP contribution in [0.4, 0.5) is 0 Å². The topological polar surface area (TPSA) is 59.1 Å². The van der Waals surface area contributed by atoms with Crippen LogP contribution >= 0.6 is 11.3 Å². The molecule has 0 unspecified atom stereocenters.